The van der Waals surface area contributed by atoms with E-state index >= 15 is 0 Å². The van der Waals surface area contributed by atoms with Crippen LogP contribution in [0.15, 0.2) is 42.7 Å². The molecule has 1 spiro atoms. The van der Waals surface area contributed by atoms with Gasteiger partial charge in [-0.2, -0.15) is 0 Å². The van der Waals surface area contributed by atoms with Crippen LogP contribution < -0.4 is 0 Å². The minimum absolute atomic E-state index is 0.0367. The summed E-state index contributed by atoms with van der Waals surface area (Å²) in [4.78, 5) is 12.7. The highest BCUT2D eigenvalue weighted by Crippen LogP contribution is 2.47. The van der Waals surface area contributed by atoms with Gasteiger partial charge in [-0.05, 0) is 24.5 Å². The molecule has 0 N–H and O–H groups in total. The van der Waals surface area contributed by atoms with E-state index in [-0.39, 0.29) is 6.61 Å². The van der Waals surface area contributed by atoms with Gasteiger partial charge in [-0.3, -0.25) is 0 Å². The summed E-state index contributed by atoms with van der Waals surface area (Å²) < 4.78 is 28.4. The highest BCUT2D eigenvalue weighted by molar-refractivity contribution is 5.81. The Labute approximate surface area is 154 Å². The van der Waals surface area contributed by atoms with E-state index < -0.39 is 23.5 Å². The highest BCUT2D eigenvalue weighted by atomic mass is 16.8. The van der Waals surface area contributed by atoms with E-state index in [4.69, 9.17) is 23.7 Å². The quantitative estimate of drug-likeness (QED) is 0.549. The molecule has 2 fully saturated rings. The molecule has 6 heteroatoms. The van der Waals surface area contributed by atoms with Gasteiger partial charge < -0.3 is 23.7 Å². The molecule has 1 saturated heterocycles. The molecule has 0 aromatic heterocycles. The first kappa shape index (κ1) is 18.9. The van der Waals surface area contributed by atoms with Gasteiger partial charge in [-0.15, -0.1) is 0 Å². The molecule has 0 bridgehead atoms. The first-order valence-corrected chi connectivity index (χ1v) is 8.92. The van der Waals surface area contributed by atoms with Crippen LogP contribution in [0, 0.1) is 0 Å². The van der Waals surface area contributed by atoms with Crippen LogP contribution in [0.4, 0.5) is 0 Å². The zero-order chi connectivity index (χ0) is 18.5. The van der Waals surface area contributed by atoms with Crippen molar-refractivity contribution in [2.45, 2.75) is 49.8 Å². The number of carbonyl (C=O) groups is 1. The third-order valence-corrected chi connectivity index (χ3v) is 4.88. The van der Waals surface area contributed by atoms with Crippen molar-refractivity contribution in [2.24, 2.45) is 0 Å². The third-order valence-electron chi connectivity index (χ3n) is 4.88. The van der Waals surface area contributed by atoms with Crippen molar-refractivity contribution >= 4 is 5.97 Å². The van der Waals surface area contributed by atoms with E-state index in [0.717, 1.165) is 31.2 Å². The van der Waals surface area contributed by atoms with Crippen LogP contribution >= 0.6 is 0 Å². The van der Waals surface area contributed by atoms with Crippen LogP contribution in [0.2, 0.25) is 0 Å². The zero-order valence-corrected chi connectivity index (χ0v) is 15.3. The van der Waals surface area contributed by atoms with Gasteiger partial charge in [0.2, 0.25) is 5.60 Å². The Bertz CT molecular complexity index is 622. The number of ether oxygens (including phenoxy) is 5. The van der Waals surface area contributed by atoms with Crippen LogP contribution in [0.1, 0.15) is 31.2 Å². The molecule has 0 amide bonds. The summed E-state index contributed by atoms with van der Waals surface area (Å²) in [6.07, 6.45) is 6.06. The molecular weight excluding hydrogens is 336 g/mol. The zero-order valence-electron chi connectivity index (χ0n) is 15.3. The molecule has 26 heavy (non-hydrogen) atoms. The van der Waals surface area contributed by atoms with Crippen LogP contribution in [-0.4, -0.2) is 44.3 Å². The maximum atomic E-state index is 12.7. The monoisotopic (exact) mass is 362 g/mol. The molecule has 0 unspecified atom stereocenters. The number of hydrogen-bond donors (Lipinski definition) is 0. The fourth-order valence-electron chi connectivity index (χ4n) is 3.61. The van der Waals surface area contributed by atoms with Crippen LogP contribution in [0.25, 0.3) is 0 Å². The predicted molar refractivity (Wildman–Crippen MR) is 94.2 cm³/mol. The Morgan fingerprint density at radius 3 is 2.62 bits per heavy atom. The Balaban J connectivity index is 1.80. The van der Waals surface area contributed by atoms with Crippen LogP contribution in [0.3, 0.4) is 0 Å². The molecule has 2 atom stereocenters. The first-order valence-electron chi connectivity index (χ1n) is 8.92. The van der Waals surface area contributed by atoms with Crippen molar-refractivity contribution in [1.82, 2.24) is 0 Å². The van der Waals surface area contributed by atoms with Gasteiger partial charge in [-0.25, -0.2) is 4.79 Å². The summed E-state index contributed by atoms with van der Waals surface area (Å²) in [7, 11) is 2.89. The molecule has 0 radical (unpaired) electrons. The second kappa shape index (κ2) is 8.20. The number of benzene rings is 1. The lowest BCUT2D eigenvalue weighted by Gasteiger charge is -2.29. The molecule has 1 saturated carbocycles. The maximum absolute atomic E-state index is 12.7. The second-order valence-electron chi connectivity index (χ2n) is 6.68. The molecule has 1 aliphatic heterocycles. The van der Waals surface area contributed by atoms with Gasteiger partial charge in [0.1, 0.15) is 6.10 Å². The Hall–Kier alpha value is -1.89. The van der Waals surface area contributed by atoms with E-state index in [0.29, 0.717) is 6.61 Å². The average molecular weight is 362 g/mol. The smallest absolute Gasteiger partial charge is 0.343 e. The largest absolute Gasteiger partial charge is 0.505 e. The van der Waals surface area contributed by atoms with E-state index in [9.17, 15) is 4.79 Å². The van der Waals surface area contributed by atoms with Crippen molar-refractivity contribution < 1.29 is 28.5 Å². The number of esters is 1. The summed E-state index contributed by atoms with van der Waals surface area (Å²) in [5.41, 5.74) is -0.325. The molecule has 1 aromatic carbocycles. The molecule has 2 aliphatic rings. The first-order chi connectivity index (χ1) is 12.6. The lowest BCUT2D eigenvalue weighted by atomic mass is 9.97. The number of carbonyl (C=O) groups excluding carboxylic acids is 1. The van der Waals surface area contributed by atoms with Crippen LogP contribution in [-0.2, 0) is 35.1 Å². The topological polar surface area (TPSA) is 63.2 Å². The summed E-state index contributed by atoms with van der Waals surface area (Å²) in [6.45, 7) is 0.408. The summed E-state index contributed by atoms with van der Waals surface area (Å²) in [5.74, 6) is -1.26. The van der Waals surface area contributed by atoms with Gasteiger partial charge in [0, 0.05) is 12.8 Å². The summed E-state index contributed by atoms with van der Waals surface area (Å²) in [6, 6.07) is 9.78. The molecule has 1 heterocycles. The Morgan fingerprint density at radius 1 is 1.23 bits per heavy atom. The molecule has 1 aromatic rings. The maximum Gasteiger partial charge on any atom is 0.343 e. The van der Waals surface area contributed by atoms with E-state index in [1.54, 1.807) is 13.2 Å². The average Bonchev–Trinajstić information content (AvgIpc) is 3.25. The van der Waals surface area contributed by atoms with E-state index in [1.165, 1.54) is 13.4 Å². The van der Waals surface area contributed by atoms with Gasteiger partial charge in [0.25, 0.3) is 0 Å². The third kappa shape index (κ3) is 3.77. The SMILES string of the molecule is CO/C=C/[C@@H]1OC2(CCCC2)O[C@@]1(COCc1ccccc1)C(=O)OC. The van der Waals surface area contributed by atoms with Gasteiger partial charge in [0.15, 0.2) is 5.79 Å². The molecule has 6 nitrogen and oxygen atoms in total. The minimum Gasteiger partial charge on any atom is -0.505 e. The van der Waals surface area contributed by atoms with Crippen molar-refractivity contribution in [3.63, 3.8) is 0 Å². The fourth-order valence-corrected chi connectivity index (χ4v) is 3.61. The minimum atomic E-state index is -1.34. The van der Waals surface area contributed by atoms with Crippen molar-refractivity contribution in [1.29, 1.82) is 0 Å². The van der Waals surface area contributed by atoms with E-state index in [1.807, 2.05) is 30.3 Å². The molecule has 142 valence electrons. The van der Waals surface area contributed by atoms with E-state index in [2.05, 4.69) is 0 Å². The fraction of sp³-hybridized carbons (Fsp3) is 0.550. The number of methoxy groups -OCH3 is 2. The highest BCUT2D eigenvalue weighted by Gasteiger charge is 2.62. The Morgan fingerprint density at radius 2 is 1.96 bits per heavy atom. The molecular formula is C20H26O6. The predicted octanol–water partition coefficient (Wildman–Crippen LogP) is 2.96. The van der Waals surface area contributed by atoms with Crippen LogP contribution in [0.5, 0.6) is 0 Å². The normalized spacial score (nSPS) is 27.2. The molecule has 1 aliphatic carbocycles. The van der Waals surface area contributed by atoms with Crippen molar-refractivity contribution in [3.05, 3.63) is 48.2 Å². The lowest BCUT2D eigenvalue weighted by Crippen LogP contribution is -2.52. The van der Waals surface area contributed by atoms with Gasteiger partial charge >= 0.3 is 5.97 Å². The van der Waals surface area contributed by atoms with Gasteiger partial charge in [0.05, 0.1) is 33.7 Å². The summed E-state index contributed by atoms with van der Waals surface area (Å²) in [5, 5.41) is 0. The molecule has 3 rings (SSSR count). The lowest BCUT2D eigenvalue weighted by molar-refractivity contribution is -0.207. The van der Waals surface area contributed by atoms with Crippen molar-refractivity contribution in [3.8, 4) is 0 Å². The second-order valence-corrected chi connectivity index (χ2v) is 6.68. The Kier molecular flexibility index (Phi) is 5.96. The summed E-state index contributed by atoms with van der Waals surface area (Å²) >= 11 is 0. The van der Waals surface area contributed by atoms with Gasteiger partial charge in [-0.1, -0.05) is 30.3 Å². The standard InChI is InChI=1S/C20H26O6/c1-22-13-10-17-20(18(21)23-2,26-19(25-17)11-6-7-12-19)15-24-14-16-8-4-3-5-9-16/h3-5,8-10,13,17H,6-7,11-12,14-15H2,1-2H3/b13-10+/t17-,20+/m0/s1. The number of hydrogen-bond acceptors (Lipinski definition) is 6. The van der Waals surface area contributed by atoms with Crippen molar-refractivity contribution in [2.75, 3.05) is 20.8 Å². The number of rotatable bonds is 7.